The van der Waals surface area contributed by atoms with E-state index in [1.807, 2.05) is 13.0 Å². The minimum absolute atomic E-state index is 0.0246. The highest BCUT2D eigenvalue weighted by Gasteiger charge is 2.05. The first-order chi connectivity index (χ1) is 15.4. The number of carbonyl (C=O) groups is 2. The van der Waals surface area contributed by atoms with Crippen molar-refractivity contribution in [2.75, 3.05) is 6.54 Å². The van der Waals surface area contributed by atoms with Crippen molar-refractivity contribution in [3.8, 4) is 6.07 Å². The molecule has 0 atom stereocenters. The molecule has 2 aromatic rings. The van der Waals surface area contributed by atoms with E-state index in [-0.39, 0.29) is 12.5 Å². The molecule has 2 heterocycles. The van der Waals surface area contributed by atoms with Gasteiger partial charge in [-0.2, -0.15) is 5.26 Å². The second-order valence-electron chi connectivity index (χ2n) is 6.92. The van der Waals surface area contributed by atoms with Crippen LogP contribution in [0.1, 0.15) is 87.9 Å². The standard InChI is InChI=1S/C8H11ClN2O.C7H11ClN2.C7H12N2O/c1-2-3-4-7-10-6(5-12)8(9)11-7;1-2-3-4-7-9-5-6(8)10-7;1-2-3-4-7(10)9-6-5-8/h5H,2-4H2,1H3,(H,10,11);5H,2-4H2,1H3,(H,9,10);2-4,6H2,1H3,(H,9,10). The first-order valence-corrected chi connectivity index (χ1v) is 11.7. The predicted octanol–water partition coefficient (Wildman–Crippen LogP) is 5.44. The van der Waals surface area contributed by atoms with Crippen molar-refractivity contribution in [2.24, 2.45) is 0 Å². The molecule has 0 radical (unpaired) electrons. The van der Waals surface area contributed by atoms with Crippen LogP contribution in [-0.4, -0.2) is 38.7 Å². The van der Waals surface area contributed by atoms with E-state index in [1.165, 1.54) is 12.8 Å². The summed E-state index contributed by atoms with van der Waals surface area (Å²) in [6, 6.07) is 1.84. The number of nitrogens with one attached hydrogen (secondary N) is 3. The zero-order valence-electron chi connectivity index (χ0n) is 19.1. The smallest absolute Gasteiger partial charge is 0.220 e. The van der Waals surface area contributed by atoms with E-state index in [0.717, 1.165) is 50.2 Å². The van der Waals surface area contributed by atoms with E-state index >= 15 is 0 Å². The number of aldehydes is 1. The number of nitriles is 1. The largest absolute Gasteiger partial charge is 0.343 e. The van der Waals surface area contributed by atoms with Gasteiger partial charge < -0.3 is 15.3 Å². The van der Waals surface area contributed by atoms with Crippen LogP contribution in [0.4, 0.5) is 0 Å². The molecule has 2 aromatic heterocycles. The molecule has 10 heteroatoms. The predicted molar refractivity (Wildman–Crippen MR) is 128 cm³/mol. The van der Waals surface area contributed by atoms with Crippen molar-refractivity contribution in [1.29, 1.82) is 5.26 Å². The quantitative estimate of drug-likeness (QED) is 0.288. The summed E-state index contributed by atoms with van der Waals surface area (Å²) in [4.78, 5) is 34.9. The zero-order chi connectivity index (χ0) is 24.2. The van der Waals surface area contributed by atoms with Crippen molar-refractivity contribution < 1.29 is 9.59 Å². The third kappa shape index (κ3) is 14.6. The lowest BCUT2D eigenvalue weighted by Gasteiger charge is -1.97. The van der Waals surface area contributed by atoms with E-state index in [2.05, 4.69) is 39.1 Å². The summed E-state index contributed by atoms with van der Waals surface area (Å²) in [6.07, 6.45) is 11.1. The van der Waals surface area contributed by atoms with Gasteiger partial charge in [-0.25, -0.2) is 9.97 Å². The maximum absolute atomic E-state index is 10.7. The summed E-state index contributed by atoms with van der Waals surface area (Å²) in [5.74, 6) is 1.76. The van der Waals surface area contributed by atoms with Crippen LogP contribution in [0.2, 0.25) is 10.3 Å². The van der Waals surface area contributed by atoms with Crippen molar-refractivity contribution in [3.63, 3.8) is 0 Å². The molecule has 0 unspecified atom stereocenters. The van der Waals surface area contributed by atoms with Crippen LogP contribution >= 0.6 is 23.2 Å². The number of halogens is 2. The highest BCUT2D eigenvalue weighted by atomic mass is 35.5. The van der Waals surface area contributed by atoms with Crippen molar-refractivity contribution in [3.05, 3.63) is 33.8 Å². The van der Waals surface area contributed by atoms with Crippen molar-refractivity contribution in [2.45, 2.75) is 78.6 Å². The normalized spacial score (nSPS) is 9.62. The number of rotatable bonds is 11. The summed E-state index contributed by atoms with van der Waals surface area (Å²) in [7, 11) is 0. The second-order valence-corrected chi connectivity index (χ2v) is 7.71. The Kier molecular flexibility index (Phi) is 17.9. The molecular formula is C22H34Cl2N6O2. The van der Waals surface area contributed by atoms with Crippen LogP contribution in [0.3, 0.4) is 0 Å². The number of aryl methyl sites for hydroxylation is 2. The van der Waals surface area contributed by atoms with E-state index in [4.69, 9.17) is 28.5 Å². The van der Waals surface area contributed by atoms with Crippen LogP contribution in [0.5, 0.6) is 0 Å². The molecule has 0 aliphatic carbocycles. The Balaban J connectivity index is 0.000000454. The van der Waals surface area contributed by atoms with Gasteiger partial charge in [0.15, 0.2) is 6.29 Å². The minimum atomic E-state index is -0.0246. The number of hydrogen-bond donors (Lipinski definition) is 3. The average Bonchev–Trinajstić information content (AvgIpc) is 3.38. The number of hydrogen-bond acceptors (Lipinski definition) is 5. The third-order valence-corrected chi connectivity index (χ3v) is 4.58. The van der Waals surface area contributed by atoms with Crippen LogP contribution in [0.25, 0.3) is 0 Å². The molecule has 0 aliphatic rings. The van der Waals surface area contributed by atoms with Crippen LogP contribution < -0.4 is 5.32 Å². The Morgan fingerprint density at radius 3 is 2.19 bits per heavy atom. The molecule has 1 amide bonds. The molecule has 32 heavy (non-hydrogen) atoms. The molecule has 0 aromatic carbocycles. The second kappa shape index (κ2) is 19.3. The number of aromatic amines is 2. The Bertz CT molecular complexity index is 814. The summed E-state index contributed by atoms with van der Waals surface area (Å²) in [5.41, 5.74) is 0.308. The lowest BCUT2D eigenvalue weighted by molar-refractivity contribution is -0.120. The monoisotopic (exact) mass is 484 g/mol. The maximum atomic E-state index is 10.7. The summed E-state index contributed by atoms with van der Waals surface area (Å²) < 4.78 is 0. The van der Waals surface area contributed by atoms with Gasteiger partial charge in [-0.3, -0.25) is 9.59 Å². The Hall–Kier alpha value is -2.37. The fourth-order valence-corrected chi connectivity index (χ4v) is 2.68. The van der Waals surface area contributed by atoms with Crippen molar-refractivity contribution >= 4 is 35.4 Å². The number of imidazole rings is 2. The van der Waals surface area contributed by atoms with Crippen LogP contribution in [0, 0.1) is 11.3 Å². The fourth-order valence-electron chi connectivity index (χ4n) is 2.33. The third-order valence-electron chi connectivity index (χ3n) is 4.10. The number of aromatic nitrogens is 4. The van der Waals surface area contributed by atoms with Gasteiger partial charge in [-0.15, -0.1) is 0 Å². The Morgan fingerprint density at radius 1 is 1.09 bits per heavy atom. The number of nitrogens with zero attached hydrogens (tertiary/aromatic N) is 3. The molecular weight excluding hydrogens is 451 g/mol. The zero-order valence-corrected chi connectivity index (χ0v) is 20.7. The highest BCUT2D eigenvalue weighted by Crippen LogP contribution is 2.11. The maximum Gasteiger partial charge on any atom is 0.220 e. The van der Waals surface area contributed by atoms with Gasteiger partial charge in [0.2, 0.25) is 5.91 Å². The van der Waals surface area contributed by atoms with Crippen molar-refractivity contribution in [1.82, 2.24) is 25.3 Å². The summed E-state index contributed by atoms with van der Waals surface area (Å²) in [6.45, 7) is 6.41. The summed E-state index contributed by atoms with van der Waals surface area (Å²) >= 11 is 11.3. The number of unbranched alkanes of at least 4 members (excludes halogenated alkanes) is 3. The molecule has 8 nitrogen and oxygen atoms in total. The lowest BCUT2D eigenvalue weighted by Crippen LogP contribution is -2.22. The number of amides is 1. The van der Waals surface area contributed by atoms with E-state index in [0.29, 0.717) is 28.7 Å². The molecule has 0 aliphatic heterocycles. The van der Waals surface area contributed by atoms with E-state index in [1.54, 1.807) is 6.20 Å². The SMILES string of the molecule is CCCCC(=O)NCC#N.CCCCc1nc(C=O)c(Cl)[nH]1.CCCCc1ncc(Cl)[nH]1. The van der Waals surface area contributed by atoms with Gasteiger partial charge in [-0.05, 0) is 19.3 Å². The van der Waals surface area contributed by atoms with Crippen LogP contribution in [0.15, 0.2) is 6.20 Å². The average molecular weight is 485 g/mol. The molecule has 0 fully saturated rings. The Labute approximate surface area is 200 Å². The number of carbonyl (C=O) groups excluding carboxylic acids is 2. The van der Waals surface area contributed by atoms with Gasteiger partial charge in [0.1, 0.15) is 34.2 Å². The van der Waals surface area contributed by atoms with Gasteiger partial charge in [0, 0.05) is 19.3 Å². The molecule has 3 N–H and O–H groups in total. The molecule has 2 rings (SSSR count). The molecule has 0 saturated heterocycles. The number of H-pyrrole nitrogens is 2. The fraction of sp³-hybridized carbons (Fsp3) is 0.591. The molecule has 178 valence electrons. The molecule has 0 saturated carbocycles. The minimum Gasteiger partial charge on any atom is -0.343 e. The lowest BCUT2D eigenvalue weighted by atomic mass is 10.2. The van der Waals surface area contributed by atoms with Gasteiger partial charge in [-0.1, -0.05) is 63.2 Å². The van der Waals surface area contributed by atoms with E-state index in [9.17, 15) is 9.59 Å². The molecule has 0 bridgehead atoms. The summed E-state index contributed by atoms with van der Waals surface area (Å²) in [5, 5.41) is 11.5. The van der Waals surface area contributed by atoms with Gasteiger partial charge in [0.25, 0.3) is 0 Å². The first kappa shape index (κ1) is 29.6. The van der Waals surface area contributed by atoms with Gasteiger partial charge in [0.05, 0.1) is 12.3 Å². The topological polar surface area (TPSA) is 127 Å². The molecule has 0 spiro atoms. The first-order valence-electron chi connectivity index (χ1n) is 10.9. The van der Waals surface area contributed by atoms with E-state index < -0.39 is 0 Å². The van der Waals surface area contributed by atoms with Crippen LogP contribution in [-0.2, 0) is 17.6 Å². The Morgan fingerprint density at radius 2 is 1.72 bits per heavy atom. The highest BCUT2D eigenvalue weighted by molar-refractivity contribution is 6.31. The van der Waals surface area contributed by atoms with Gasteiger partial charge >= 0.3 is 0 Å².